The number of rotatable bonds is 5. The highest BCUT2D eigenvalue weighted by Crippen LogP contribution is 2.15. The predicted molar refractivity (Wildman–Crippen MR) is 81.8 cm³/mol. The van der Waals surface area contributed by atoms with Crippen molar-refractivity contribution < 1.29 is 9.59 Å². The topological polar surface area (TPSA) is 101 Å². The van der Waals surface area contributed by atoms with E-state index in [9.17, 15) is 9.59 Å². The lowest BCUT2D eigenvalue weighted by molar-refractivity contribution is -0.117. The van der Waals surface area contributed by atoms with Crippen LogP contribution in [0.1, 0.15) is 23.2 Å². The molecule has 6 heteroatoms. The molecule has 114 valence electrons. The van der Waals surface area contributed by atoms with Crippen molar-refractivity contribution in [3.63, 3.8) is 0 Å². The van der Waals surface area contributed by atoms with E-state index in [1.807, 2.05) is 0 Å². The molecule has 0 saturated carbocycles. The van der Waals surface area contributed by atoms with Gasteiger partial charge in [0.25, 0.3) is 0 Å². The van der Waals surface area contributed by atoms with Crippen molar-refractivity contribution in [1.82, 2.24) is 4.90 Å². The molecule has 1 aromatic carbocycles. The lowest BCUT2D eigenvalue weighted by Crippen LogP contribution is -2.40. The molecule has 0 aliphatic carbocycles. The van der Waals surface area contributed by atoms with Crippen molar-refractivity contribution in [2.24, 2.45) is 17.4 Å². The molecule has 0 unspecified atom stereocenters. The van der Waals surface area contributed by atoms with E-state index in [2.05, 4.69) is 10.2 Å². The van der Waals surface area contributed by atoms with Gasteiger partial charge in [0.05, 0.1) is 6.54 Å². The summed E-state index contributed by atoms with van der Waals surface area (Å²) in [4.78, 5) is 25.1. The first kappa shape index (κ1) is 15.5. The van der Waals surface area contributed by atoms with Crippen molar-refractivity contribution in [2.75, 3.05) is 31.5 Å². The molecule has 0 bridgehead atoms. The van der Waals surface area contributed by atoms with Crippen LogP contribution in [0, 0.1) is 5.92 Å². The molecular weight excluding hydrogens is 268 g/mol. The van der Waals surface area contributed by atoms with E-state index in [4.69, 9.17) is 11.5 Å². The Bertz CT molecular complexity index is 493. The molecule has 0 atom stereocenters. The summed E-state index contributed by atoms with van der Waals surface area (Å²) >= 11 is 0. The van der Waals surface area contributed by atoms with Gasteiger partial charge >= 0.3 is 0 Å². The Kier molecular flexibility index (Phi) is 5.30. The fraction of sp³-hybridized carbons (Fsp3) is 0.467. The number of hydrogen-bond donors (Lipinski definition) is 3. The van der Waals surface area contributed by atoms with Gasteiger partial charge in [0.15, 0.2) is 0 Å². The van der Waals surface area contributed by atoms with Gasteiger partial charge in [-0.15, -0.1) is 0 Å². The largest absolute Gasteiger partial charge is 0.366 e. The average molecular weight is 290 g/mol. The van der Waals surface area contributed by atoms with Gasteiger partial charge in [0.2, 0.25) is 11.8 Å². The zero-order chi connectivity index (χ0) is 15.2. The molecular formula is C15H22N4O2. The Balaban J connectivity index is 1.80. The third-order valence-corrected chi connectivity index (χ3v) is 3.86. The van der Waals surface area contributed by atoms with E-state index in [0.717, 1.165) is 32.5 Å². The second kappa shape index (κ2) is 7.19. The molecule has 6 nitrogen and oxygen atoms in total. The number of nitrogens with one attached hydrogen (secondary N) is 1. The van der Waals surface area contributed by atoms with Crippen LogP contribution in [-0.4, -0.2) is 42.9 Å². The zero-order valence-electron chi connectivity index (χ0n) is 12.0. The van der Waals surface area contributed by atoms with Gasteiger partial charge in [-0.25, -0.2) is 0 Å². The van der Waals surface area contributed by atoms with Crippen molar-refractivity contribution in [3.05, 3.63) is 29.8 Å². The van der Waals surface area contributed by atoms with Crippen molar-refractivity contribution in [1.29, 1.82) is 0 Å². The van der Waals surface area contributed by atoms with E-state index >= 15 is 0 Å². The number of hydrogen-bond acceptors (Lipinski definition) is 4. The maximum Gasteiger partial charge on any atom is 0.248 e. The van der Waals surface area contributed by atoms with Gasteiger partial charge in [0, 0.05) is 11.3 Å². The Morgan fingerprint density at radius 2 is 1.81 bits per heavy atom. The highest BCUT2D eigenvalue weighted by atomic mass is 16.2. The number of benzene rings is 1. The van der Waals surface area contributed by atoms with Gasteiger partial charge < -0.3 is 16.8 Å². The summed E-state index contributed by atoms with van der Waals surface area (Å²) in [7, 11) is 0. The number of likely N-dealkylation sites (tertiary alicyclic amines) is 1. The number of carbonyl (C=O) groups is 2. The van der Waals surface area contributed by atoms with E-state index in [1.54, 1.807) is 24.3 Å². The van der Waals surface area contributed by atoms with Gasteiger partial charge in [-0.1, -0.05) is 0 Å². The highest BCUT2D eigenvalue weighted by molar-refractivity contribution is 5.95. The van der Waals surface area contributed by atoms with E-state index < -0.39 is 5.91 Å². The lowest BCUT2D eigenvalue weighted by Gasteiger charge is -2.30. The Morgan fingerprint density at radius 3 is 2.33 bits per heavy atom. The fourth-order valence-corrected chi connectivity index (χ4v) is 2.50. The van der Waals surface area contributed by atoms with Crippen LogP contribution in [0.2, 0.25) is 0 Å². The maximum atomic E-state index is 12.0. The molecule has 1 heterocycles. The number of nitrogens with two attached hydrogens (primary N) is 2. The summed E-state index contributed by atoms with van der Waals surface area (Å²) in [6.07, 6.45) is 2.11. The number of nitrogens with zero attached hydrogens (tertiary/aromatic N) is 1. The minimum Gasteiger partial charge on any atom is -0.366 e. The smallest absolute Gasteiger partial charge is 0.248 e. The molecule has 0 aromatic heterocycles. The van der Waals surface area contributed by atoms with Gasteiger partial charge in [-0.05, 0) is 62.7 Å². The van der Waals surface area contributed by atoms with Crippen LogP contribution in [0.15, 0.2) is 24.3 Å². The minimum absolute atomic E-state index is 0.0481. The molecule has 21 heavy (non-hydrogen) atoms. The summed E-state index contributed by atoms with van der Waals surface area (Å²) in [5.41, 5.74) is 11.9. The number of primary amides is 1. The monoisotopic (exact) mass is 290 g/mol. The first-order valence-electron chi connectivity index (χ1n) is 7.20. The second-order valence-electron chi connectivity index (χ2n) is 5.45. The quantitative estimate of drug-likeness (QED) is 0.730. The normalized spacial score (nSPS) is 16.6. The summed E-state index contributed by atoms with van der Waals surface area (Å²) in [5.74, 6) is 0.0642. The van der Waals surface area contributed by atoms with Crippen LogP contribution in [0.4, 0.5) is 5.69 Å². The molecule has 1 saturated heterocycles. The Hall–Kier alpha value is -1.92. The van der Waals surface area contributed by atoms with Crippen molar-refractivity contribution in [2.45, 2.75) is 12.8 Å². The van der Waals surface area contributed by atoms with Crippen LogP contribution < -0.4 is 16.8 Å². The molecule has 1 fully saturated rings. The van der Waals surface area contributed by atoms with E-state index in [-0.39, 0.29) is 5.91 Å². The molecule has 1 aromatic rings. The molecule has 0 radical (unpaired) electrons. The van der Waals surface area contributed by atoms with Crippen LogP contribution in [0.25, 0.3) is 0 Å². The fourth-order valence-electron chi connectivity index (χ4n) is 2.50. The van der Waals surface area contributed by atoms with Gasteiger partial charge in [-0.3, -0.25) is 14.5 Å². The molecule has 2 rings (SSSR count). The minimum atomic E-state index is -0.476. The lowest BCUT2D eigenvalue weighted by atomic mass is 9.97. The Morgan fingerprint density at radius 1 is 1.19 bits per heavy atom. The molecule has 5 N–H and O–H groups in total. The van der Waals surface area contributed by atoms with Crippen LogP contribution in [-0.2, 0) is 4.79 Å². The van der Waals surface area contributed by atoms with Crippen LogP contribution in [0.3, 0.4) is 0 Å². The summed E-state index contributed by atoms with van der Waals surface area (Å²) in [6, 6.07) is 6.56. The zero-order valence-corrected chi connectivity index (χ0v) is 12.0. The SMILES string of the molecule is NCC1CCN(CC(=O)Nc2ccc(C(N)=O)cc2)CC1. The highest BCUT2D eigenvalue weighted by Gasteiger charge is 2.19. The standard InChI is InChI=1S/C15H22N4O2/c16-9-11-5-7-19(8-6-11)10-14(20)18-13-3-1-12(2-4-13)15(17)21/h1-4,11H,5-10,16H2,(H2,17,21)(H,18,20). The maximum absolute atomic E-state index is 12.0. The molecule has 2 amide bonds. The van der Waals surface area contributed by atoms with Crippen molar-refractivity contribution >= 4 is 17.5 Å². The van der Waals surface area contributed by atoms with E-state index in [0.29, 0.717) is 23.7 Å². The number of piperidine rings is 1. The second-order valence-corrected chi connectivity index (χ2v) is 5.45. The number of carbonyl (C=O) groups excluding carboxylic acids is 2. The summed E-state index contributed by atoms with van der Waals surface area (Å²) < 4.78 is 0. The summed E-state index contributed by atoms with van der Waals surface area (Å²) in [6.45, 7) is 2.94. The number of amides is 2. The first-order valence-corrected chi connectivity index (χ1v) is 7.20. The third-order valence-electron chi connectivity index (χ3n) is 3.86. The van der Waals surface area contributed by atoms with Gasteiger partial charge in [0.1, 0.15) is 0 Å². The Labute approximate surface area is 124 Å². The molecule has 0 spiro atoms. The molecule has 1 aliphatic rings. The predicted octanol–water partition coefficient (Wildman–Crippen LogP) is 0.395. The van der Waals surface area contributed by atoms with Crippen LogP contribution >= 0.6 is 0 Å². The average Bonchev–Trinajstić information content (AvgIpc) is 2.48. The number of anilines is 1. The third kappa shape index (κ3) is 4.54. The van der Waals surface area contributed by atoms with Crippen molar-refractivity contribution in [3.8, 4) is 0 Å². The van der Waals surface area contributed by atoms with E-state index in [1.165, 1.54) is 0 Å². The molecule has 1 aliphatic heterocycles. The summed E-state index contributed by atoms with van der Waals surface area (Å²) in [5, 5.41) is 2.82. The first-order chi connectivity index (χ1) is 10.1. The van der Waals surface area contributed by atoms with Gasteiger partial charge in [-0.2, -0.15) is 0 Å². The van der Waals surface area contributed by atoms with Crippen LogP contribution in [0.5, 0.6) is 0 Å².